The number of nitrogens with one attached hydrogen (secondary N) is 1. The number of esters is 1. The van der Waals surface area contributed by atoms with Gasteiger partial charge in [-0.3, -0.25) is 9.59 Å². The third-order valence-electron chi connectivity index (χ3n) is 4.51. The number of carbonyl (C=O) groups excluding carboxylic acids is 3. The summed E-state index contributed by atoms with van der Waals surface area (Å²) >= 11 is 0. The quantitative estimate of drug-likeness (QED) is 0.433. The molecule has 1 aromatic heterocycles. The normalized spacial score (nSPS) is 10.3. The molecule has 0 unspecified atom stereocenters. The van der Waals surface area contributed by atoms with Crippen molar-refractivity contribution in [3.8, 4) is 11.5 Å². The van der Waals surface area contributed by atoms with Gasteiger partial charge in [-0.2, -0.15) is 0 Å². The molecule has 0 bridgehead atoms. The van der Waals surface area contributed by atoms with Gasteiger partial charge in [0.2, 0.25) is 0 Å². The van der Waals surface area contributed by atoms with Gasteiger partial charge >= 0.3 is 5.97 Å². The molecular weight excluding hydrogens is 402 g/mol. The van der Waals surface area contributed by atoms with Crippen molar-refractivity contribution >= 4 is 23.3 Å². The van der Waals surface area contributed by atoms with Crippen LogP contribution in [-0.2, 0) is 4.74 Å². The number of aryl methyl sites for hydroxylation is 1. The number of methoxy groups -OCH3 is 2. The number of ether oxygens (including phenoxy) is 3. The maximum atomic E-state index is 12.4. The number of anilines is 1. The Morgan fingerprint density at radius 2 is 1.68 bits per heavy atom. The topological polar surface area (TPSA) is 104 Å². The summed E-state index contributed by atoms with van der Waals surface area (Å²) < 4.78 is 20.5. The Morgan fingerprint density at radius 3 is 2.35 bits per heavy atom. The van der Waals surface area contributed by atoms with Gasteiger partial charge in [0.05, 0.1) is 26.0 Å². The van der Waals surface area contributed by atoms with Crippen molar-refractivity contribution in [3.05, 3.63) is 77.2 Å². The lowest BCUT2D eigenvalue weighted by molar-refractivity contribution is 0.0474. The fourth-order valence-electron chi connectivity index (χ4n) is 2.78. The predicted molar refractivity (Wildman–Crippen MR) is 112 cm³/mol. The zero-order chi connectivity index (χ0) is 22.4. The van der Waals surface area contributed by atoms with Gasteiger partial charge in [-0.1, -0.05) is 6.07 Å². The van der Waals surface area contributed by atoms with E-state index in [-0.39, 0.29) is 11.3 Å². The highest BCUT2D eigenvalue weighted by Crippen LogP contribution is 2.27. The lowest BCUT2D eigenvalue weighted by atomic mass is 10.1. The van der Waals surface area contributed by atoms with E-state index in [1.165, 1.54) is 38.7 Å². The van der Waals surface area contributed by atoms with Crippen LogP contribution in [-0.4, -0.2) is 38.5 Å². The highest BCUT2D eigenvalue weighted by Gasteiger charge is 2.16. The predicted octanol–water partition coefficient (Wildman–Crippen LogP) is 3.90. The Labute approximate surface area is 178 Å². The first-order chi connectivity index (χ1) is 14.9. The van der Waals surface area contributed by atoms with Gasteiger partial charge in [-0.15, -0.1) is 0 Å². The van der Waals surface area contributed by atoms with Crippen molar-refractivity contribution in [2.75, 3.05) is 26.1 Å². The summed E-state index contributed by atoms with van der Waals surface area (Å²) in [6.45, 7) is 1.34. The average Bonchev–Trinajstić information content (AvgIpc) is 3.33. The SMILES string of the molecule is COc1ccc(C(=O)COC(=O)c2ccc(C)c(NC(=O)c3ccco3)c2)cc1OC. The molecule has 2 aromatic carbocycles. The van der Waals surface area contributed by atoms with Crippen LogP contribution in [0.1, 0.15) is 36.8 Å². The van der Waals surface area contributed by atoms with Gasteiger partial charge in [0.25, 0.3) is 5.91 Å². The van der Waals surface area contributed by atoms with E-state index in [2.05, 4.69) is 5.32 Å². The fraction of sp³-hybridized carbons (Fsp3) is 0.174. The van der Waals surface area contributed by atoms with E-state index in [0.29, 0.717) is 22.7 Å². The molecule has 3 rings (SSSR count). The molecule has 0 atom stereocenters. The summed E-state index contributed by atoms with van der Waals surface area (Å²) in [6.07, 6.45) is 1.39. The molecule has 0 radical (unpaired) electrons. The molecule has 1 amide bonds. The summed E-state index contributed by atoms with van der Waals surface area (Å²) in [5.74, 6) is -0.500. The van der Waals surface area contributed by atoms with Gasteiger partial charge < -0.3 is 23.9 Å². The van der Waals surface area contributed by atoms with Crippen molar-refractivity contribution in [1.82, 2.24) is 0 Å². The molecule has 1 heterocycles. The minimum atomic E-state index is -0.692. The highest BCUT2D eigenvalue weighted by atomic mass is 16.5. The van der Waals surface area contributed by atoms with Crippen LogP contribution >= 0.6 is 0 Å². The van der Waals surface area contributed by atoms with Crippen molar-refractivity contribution in [1.29, 1.82) is 0 Å². The molecule has 0 saturated carbocycles. The minimum absolute atomic E-state index is 0.146. The van der Waals surface area contributed by atoms with Crippen LogP contribution < -0.4 is 14.8 Å². The molecule has 0 aliphatic heterocycles. The molecule has 8 nitrogen and oxygen atoms in total. The summed E-state index contributed by atoms with van der Waals surface area (Å²) in [6, 6.07) is 12.5. The molecule has 160 valence electrons. The van der Waals surface area contributed by atoms with Crippen molar-refractivity contribution in [2.45, 2.75) is 6.92 Å². The van der Waals surface area contributed by atoms with Gasteiger partial charge in [0.15, 0.2) is 29.6 Å². The van der Waals surface area contributed by atoms with Crippen LogP contribution in [0.15, 0.2) is 59.2 Å². The largest absolute Gasteiger partial charge is 0.493 e. The molecule has 0 aliphatic rings. The molecule has 3 aromatic rings. The fourth-order valence-corrected chi connectivity index (χ4v) is 2.78. The molecule has 0 spiro atoms. The number of hydrogen-bond acceptors (Lipinski definition) is 7. The monoisotopic (exact) mass is 423 g/mol. The van der Waals surface area contributed by atoms with Gasteiger partial charge in [-0.05, 0) is 55.0 Å². The Morgan fingerprint density at radius 1 is 0.935 bits per heavy atom. The number of Topliss-reactive ketones (excluding diaryl/α,β-unsaturated/α-hetero) is 1. The van der Waals surface area contributed by atoms with Crippen LogP contribution in [0.25, 0.3) is 0 Å². The number of amides is 1. The highest BCUT2D eigenvalue weighted by molar-refractivity contribution is 6.04. The Kier molecular flexibility index (Phi) is 6.71. The van der Waals surface area contributed by atoms with E-state index in [1.807, 2.05) is 0 Å². The molecular formula is C23H21NO7. The lowest BCUT2D eigenvalue weighted by Crippen LogP contribution is -2.16. The average molecular weight is 423 g/mol. The summed E-state index contributed by atoms with van der Waals surface area (Å²) in [5.41, 5.74) is 1.70. The van der Waals surface area contributed by atoms with Gasteiger partial charge in [0, 0.05) is 11.3 Å². The smallest absolute Gasteiger partial charge is 0.338 e. The van der Waals surface area contributed by atoms with Crippen LogP contribution in [0.2, 0.25) is 0 Å². The van der Waals surface area contributed by atoms with E-state index in [0.717, 1.165) is 5.56 Å². The second kappa shape index (κ2) is 9.62. The van der Waals surface area contributed by atoms with E-state index in [1.54, 1.807) is 37.3 Å². The van der Waals surface area contributed by atoms with E-state index in [4.69, 9.17) is 18.6 Å². The summed E-state index contributed by atoms with van der Waals surface area (Å²) in [5, 5.41) is 2.69. The zero-order valence-electron chi connectivity index (χ0n) is 17.3. The molecule has 0 fully saturated rings. The Balaban J connectivity index is 1.66. The maximum absolute atomic E-state index is 12.4. The third kappa shape index (κ3) is 5.11. The molecule has 0 saturated heterocycles. The number of furan rings is 1. The third-order valence-corrected chi connectivity index (χ3v) is 4.51. The first-order valence-corrected chi connectivity index (χ1v) is 9.30. The second-order valence-electron chi connectivity index (χ2n) is 6.53. The molecule has 8 heteroatoms. The zero-order valence-corrected chi connectivity index (χ0v) is 17.3. The first kappa shape index (κ1) is 21.6. The maximum Gasteiger partial charge on any atom is 0.338 e. The molecule has 0 aliphatic carbocycles. The summed E-state index contributed by atoms with van der Waals surface area (Å²) in [4.78, 5) is 37.0. The second-order valence-corrected chi connectivity index (χ2v) is 6.53. The van der Waals surface area contributed by atoms with Gasteiger partial charge in [0.1, 0.15) is 0 Å². The number of carbonyl (C=O) groups is 3. The lowest BCUT2D eigenvalue weighted by Gasteiger charge is -2.11. The number of ketones is 1. The number of rotatable bonds is 8. The van der Waals surface area contributed by atoms with Crippen LogP contribution in [0.5, 0.6) is 11.5 Å². The first-order valence-electron chi connectivity index (χ1n) is 9.30. The van der Waals surface area contributed by atoms with Crippen LogP contribution in [0.3, 0.4) is 0 Å². The van der Waals surface area contributed by atoms with Crippen LogP contribution in [0, 0.1) is 6.92 Å². The number of benzene rings is 2. The van der Waals surface area contributed by atoms with Crippen molar-refractivity contribution in [3.63, 3.8) is 0 Å². The minimum Gasteiger partial charge on any atom is -0.493 e. The molecule has 31 heavy (non-hydrogen) atoms. The van der Waals surface area contributed by atoms with Crippen molar-refractivity contribution in [2.24, 2.45) is 0 Å². The standard InChI is InChI=1S/C23H21NO7/c1-14-6-7-16(11-17(14)24-22(26)20-5-4-10-30-20)23(27)31-13-18(25)15-8-9-19(28-2)21(12-15)29-3/h4-12H,13H2,1-3H3,(H,24,26). The van der Waals surface area contributed by atoms with Gasteiger partial charge in [-0.25, -0.2) is 4.79 Å². The van der Waals surface area contributed by atoms with Crippen molar-refractivity contribution < 1.29 is 33.0 Å². The Hall–Kier alpha value is -4.07. The van der Waals surface area contributed by atoms with E-state index >= 15 is 0 Å². The molecule has 1 N–H and O–H groups in total. The number of hydrogen-bond donors (Lipinski definition) is 1. The van der Waals surface area contributed by atoms with E-state index in [9.17, 15) is 14.4 Å². The summed E-state index contributed by atoms with van der Waals surface area (Å²) in [7, 11) is 2.96. The van der Waals surface area contributed by atoms with Crippen LogP contribution in [0.4, 0.5) is 5.69 Å². The van der Waals surface area contributed by atoms with E-state index < -0.39 is 24.3 Å². The Bertz CT molecular complexity index is 1100.